The highest BCUT2D eigenvalue weighted by molar-refractivity contribution is 5.93. The average Bonchev–Trinajstić information content (AvgIpc) is 3.16. The van der Waals surface area contributed by atoms with Gasteiger partial charge in [-0.05, 0) is 49.1 Å². The Balaban J connectivity index is 1.44. The van der Waals surface area contributed by atoms with Gasteiger partial charge >= 0.3 is 5.97 Å². The maximum absolute atomic E-state index is 11.9. The van der Waals surface area contributed by atoms with Crippen LogP contribution in [0.4, 0.5) is 5.69 Å². The number of nitrogens with zero attached hydrogens (tertiary/aromatic N) is 1. The Morgan fingerprint density at radius 2 is 2.09 bits per heavy atom. The van der Waals surface area contributed by atoms with Crippen molar-refractivity contribution < 1.29 is 14.3 Å². The third-order valence-corrected chi connectivity index (χ3v) is 5.00. The number of anilines is 1. The fourth-order valence-corrected chi connectivity index (χ4v) is 3.92. The van der Waals surface area contributed by atoms with Crippen LogP contribution in [0.2, 0.25) is 0 Å². The van der Waals surface area contributed by atoms with Gasteiger partial charge in [0.05, 0.1) is 11.3 Å². The third-order valence-electron chi connectivity index (χ3n) is 5.00. The van der Waals surface area contributed by atoms with Crippen LogP contribution in [0.25, 0.3) is 0 Å². The SMILES string of the molecule is N#Cc1ccccc1NC(=O)COC(=O)C[C@H]1C[C@@H]2CC[C@@H]1C2. The molecule has 0 saturated heterocycles. The fraction of sp³-hybridized carbons (Fsp3) is 0.500. The van der Waals surface area contributed by atoms with Crippen molar-refractivity contribution >= 4 is 17.6 Å². The van der Waals surface area contributed by atoms with Crippen LogP contribution < -0.4 is 5.32 Å². The van der Waals surface area contributed by atoms with E-state index in [2.05, 4.69) is 5.32 Å². The van der Waals surface area contributed by atoms with Crippen molar-refractivity contribution in [1.29, 1.82) is 5.26 Å². The van der Waals surface area contributed by atoms with Gasteiger partial charge in [0.15, 0.2) is 6.61 Å². The summed E-state index contributed by atoms with van der Waals surface area (Å²) >= 11 is 0. The van der Waals surface area contributed by atoms with Crippen molar-refractivity contribution in [2.75, 3.05) is 11.9 Å². The summed E-state index contributed by atoms with van der Waals surface area (Å²) in [5.74, 6) is 1.18. The van der Waals surface area contributed by atoms with E-state index in [1.165, 1.54) is 19.3 Å². The van der Waals surface area contributed by atoms with Crippen LogP contribution in [0, 0.1) is 29.1 Å². The highest BCUT2D eigenvalue weighted by Crippen LogP contribution is 2.49. The second-order valence-corrected chi connectivity index (χ2v) is 6.51. The van der Waals surface area contributed by atoms with Crippen molar-refractivity contribution in [3.63, 3.8) is 0 Å². The van der Waals surface area contributed by atoms with E-state index < -0.39 is 5.91 Å². The lowest BCUT2D eigenvalue weighted by molar-refractivity contribution is -0.148. The lowest BCUT2D eigenvalue weighted by Gasteiger charge is -2.20. The monoisotopic (exact) mass is 312 g/mol. The maximum Gasteiger partial charge on any atom is 0.306 e. The number of hydrogen-bond acceptors (Lipinski definition) is 4. The number of fused-ring (bicyclic) bond motifs is 2. The number of rotatable bonds is 5. The van der Waals surface area contributed by atoms with Gasteiger partial charge in [0.2, 0.25) is 0 Å². The molecule has 5 heteroatoms. The Labute approximate surface area is 135 Å². The van der Waals surface area contributed by atoms with E-state index in [-0.39, 0.29) is 12.6 Å². The van der Waals surface area contributed by atoms with Crippen molar-refractivity contribution in [2.24, 2.45) is 17.8 Å². The summed E-state index contributed by atoms with van der Waals surface area (Å²) in [7, 11) is 0. The second kappa shape index (κ2) is 6.82. The highest BCUT2D eigenvalue weighted by atomic mass is 16.5. The van der Waals surface area contributed by atoms with Crippen LogP contribution in [-0.2, 0) is 14.3 Å². The minimum Gasteiger partial charge on any atom is -0.456 e. The van der Waals surface area contributed by atoms with E-state index >= 15 is 0 Å². The zero-order valence-electron chi connectivity index (χ0n) is 13.0. The largest absolute Gasteiger partial charge is 0.456 e. The molecule has 1 N–H and O–H groups in total. The Morgan fingerprint density at radius 1 is 1.26 bits per heavy atom. The summed E-state index contributed by atoms with van der Waals surface area (Å²) < 4.78 is 5.09. The number of nitrogens with one attached hydrogen (secondary N) is 1. The highest BCUT2D eigenvalue weighted by Gasteiger charge is 2.40. The van der Waals surface area contributed by atoms with E-state index in [0.717, 1.165) is 12.3 Å². The van der Waals surface area contributed by atoms with Crippen molar-refractivity contribution in [3.05, 3.63) is 29.8 Å². The summed E-state index contributed by atoms with van der Waals surface area (Å²) in [6.07, 6.45) is 5.33. The van der Waals surface area contributed by atoms with E-state index in [0.29, 0.717) is 29.5 Å². The molecule has 2 aliphatic rings. The fourth-order valence-electron chi connectivity index (χ4n) is 3.92. The molecule has 2 fully saturated rings. The smallest absolute Gasteiger partial charge is 0.306 e. The molecule has 0 aliphatic heterocycles. The molecular formula is C18H20N2O3. The first kappa shape index (κ1) is 15.5. The van der Waals surface area contributed by atoms with Crippen LogP contribution in [0.1, 0.15) is 37.7 Å². The van der Waals surface area contributed by atoms with Crippen molar-refractivity contribution in [1.82, 2.24) is 0 Å². The molecule has 2 bridgehead atoms. The first-order valence-corrected chi connectivity index (χ1v) is 8.10. The summed E-state index contributed by atoms with van der Waals surface area (Å²) in [5.41, 5.74) is 0.818. The molecule has 2 saturated carbocycles. The molecule has 0 spiro atoms. The second-order valence-electron chi connectivity index (χ2n) is 6.51. The molecule has 3 atom stereocenters. The van der Waals surface area contributed by atoms with Gasteiger partial charge in [-0.3, -0.25) is 9.59 Å². The molecule has 0 unspecified atom stereocenters. The molecule has 2 aliphatic carbocycles. The van der Waals surface area contributed by atoms with Gasteiger partial charge in [-0.1, -0.05) is 18.6 Å². The summed E-state index contributed by atoms with van der Waals surface area (Å²) in [6, 6.07) is 8.73. The number of carbonyl (C=O) groups excluding carboxylic acids is 2. The van der Waals surface area contributed by atoms with Gasteiger partial charge in [-0.2, -0.15) is 5.26 Å². The van der Waals surface area contributed by atoms with Crippen LogP contribution in [0.15, 0.2) is 24.3 Å². The Hall–Kier alpha value is -2.35. The van der Waals surface area contributed by atoms with Gasteiger partial charge in [0.25, 0.3) is 5.91 Å². The molecule has 1 aromatic rings. The predicted octanol–water partition coefficient (Wildman–Crippen LogP) is 2.87. The van der Waals surface area contributed by atoms with Gasteiger partial charge in [0, 0.05) is 6.42 Å². The molecule has 1 aromatic carbocycles. The number of benzene rings is 1. The molecule has 3 rings (SSSR count). The van der Waals surface area contributed by atoms with Crippen LogP contribution in [-0.4, -0.2) is 18.5 Å². The number of amides is 1. The zero-order valence-corrected chi connectivity index (χ0v) is 13.0. The van der Waals surface area contributed by atoms with E-state index in [9.17, 15) is 9.59 Å². The van der Waals surface area contributed by atoms with Crippen molar-refractivity contribution in [2.45, 2.75) is 32.1 Å². The van der Waals surface area contributed by atoms with Gasteiger partial charge in [-0.15, -0.1) is 0 Å². The zero-order chi connectivity index (χ0) is 16.2. The average molecular weight is 312 g/mol. The molecule has 0 aromatic heterocycles. The molecule has 0 radical (unpaired) electrons. The summed E-state index contributed by atoms with van der Waals surface area (Å²) in [5, 5.41) is 11.6. The number of nitriles is 1. The molecule has 23 heavy (non-hydrogen) atoms. The third kappa shape index (κ3) is 3.70. The Morgan fingerprint density at radius 3 is 2.78 bits per heavy atom. The Kier molecular flexibility index (Phi) is 4.61. The number of ether oxygens (including phenoxy) is 1. The first-order chi connectivity index (χ1) is 11.2. The number of carbonyl (C=O) groups is 2. The topological polar surface area (TPSA) is 79.2 Å². The number of esters is 1. The number of para-hydroxylation sites is 1. The first-order valence-electron chi connectivity index (χ1n) is 8.10. The van der Waals surface area contributed by atoms with Crippen LogP contribution in [0.3, 0.4) is 0 Å². The van der Waals surface area contributed by atoms with E-state index in [1.807, 2.05) is 6.07 Å². The molecule has 120 valence electrons. The van der Waals surface area contributed by atoms with Gasteiger partial charge < -0.3 is 10.1 Å². The lowest BCUT2D eigenvalue weighted by atomic mass is 9.86. The standard InChI is InChI=1S/C18H20N2O3/c19-10-14-3-1-2-4-16(14)20-17(21)11-23-18(22)9-15-8-12-5-6-13(15)7-12/h1-4,12-13,15H,5-9,11H2,(H,20,21)/t12-,13-,15-/m1/s1. The summed E-state index contributed by atoms with van der Waals surface area (Å²) in [6.45, 7) is -0.306. The summed E-state index contributed by atoms with van der Waals surface area (Å²) in [4.78, 5) is 23.8. The Bertz CT molecular complexity index is 650. The minimum atomic E-state index is -0.422. The van der Waals surface area contributed by atoms with Gasteiger partial charge in [0.1, 0.15) is 6.07 Å². The quantitative estimate of drug-likeness (QED) is 0.848. The molecular weight excluding hydrogens is 292 g/mol. The van der Waals surface area contributed by atoms with Crippen molar-refractivity contribution in [3.8, 4) is 6.07 Å². The van der Waals surface area contributed by atoms with Gasteiger partial charge in [-0.25, -0.2) is 0 Å². The minimum absolute atomic E-state index is 0.300. The van der Waals surface area contributed by atoms with Crippen LogP contribution >= 0.6 is 0 Å². The maximum atomic E-state index is 11.9. The van der Waals surface area contributed by atoms with E-state index in [4.69, 9.17) is 10.00 Å². The number of hydrogen-bond donors (Lipinski definition) is 1. The molecule has 0 heterocycles. The van der Waals surface area contributed by atoms with E-state index in [1.54, 1.807) is 24.3 Å². The molecule has 1 amide bonds. The van der Waals surface area contributed by atoms with Crippen LogP contribution in [0.5, 0.6) is 0 Å². The lowest BCUT2D eigenvalue weighted by Crippen LogP contribution is -2.23. The molecule has 5 nitrogen and oxygen atoms in total. The predicted molar refractivity (Wildman–Crippen MR) is 84.3 cm³/mol. The normalized spacial score (nSPS) is 24.9.